The molecule has 0 unspecified atom stereocenters. The molecule has 0 radical (unpaired) electrons. The van der Waals surface area contributed by atoms with Crippen LogP contribution in [0.25, 0.3) is 16.9 Å². The predicted octanol–water partition coefficient (Wildman–Crippen LogP) is 3.13. The van der Waals surface area contributed by atoms with Gasteiger partial charge in [-0.2, -0.15) is 4.98 Å². The topological polar surface area (TPSA) is 52.8 Å². The minimum absolute atomic E-state index is 0.289. The summed E-state index contributed by atoms with van der Waals surface area (Å²) in [5.74, 6) is 1.47. The summed E-state index contributed by atoms with van der Waals surface area (Å²) >= 11 is 6.07. The highest BCUT2D eigenvalue weighted by atomic mass is 35.5. The second-order valence-electron chi connectivity index (χ2n) is 4.53. The van der Waals surface area contributed by atoms with E-state index in [1.54, 1.807) is 7.11 Å². The van der Waals surface area contributed by atoms with Crippen LogP contribution < -0.4 is 4.74 Å². The molecule has 0 fully saturated rings. The smallest absolute Gasteiger partial charge is 0.245 e. The second-order valence-corrected chi connectivity index (χ2v) is 4.80. The van der Waals surface area contributed by atoms with Gasteiger partial charge in [-0.15, -0.1) is 11.6 Å². The Bertz CT molecular complexity index is 784. The van der Waals surface area contributed by atoms with Crippen LogP contribution in [0.4, 0.5) is 0 Å². The molecule has 0 saturated heterocycles. The van der Waals surface area contributed by atoms with Crippen LogP contribution in [0.3, 0.4) is 0 Å². The number of imidazole rings is 1. The van der Waals surface area contributed by atoms with E-state index in [4.69, 9.17) is 16.3 Å². The quantitative estimate of drug-likeness (QED) is 0.695. The Labute approximate surface area is 127 Å². The van der Waals surface area contributed by atoms with E-state index in [-0.39, 0.29) is 5.88 Å². The highest BCUT2D eigenvalue weighted by Gasteiger charge is 2.18. The first kappa shape index (κ1) is 13.8. The van der Waals surface area contributed by atoms with Crippen molar-refractivity contribution in [3.8, 4) is 11.6 Å². The number of halogens is 1. The highest BCUT2D eigenvalue weighted by Crippen LogP contribution is 2.27. The molecule has 1 aromatic carbocycles. The van der Waals surface area contributed by atoms with Crippen LogP contribution >= 0.6 is 11.6 Å². The molecule has 5 nitrogen and oxygen atoms in total. The maximum atomic E-state index is 6.07. The van der Waals surface area contributed by atoms with Crippen LogP contribution in [0.2, 0.25) is 0 Å². The van der Waals surface area contributed by atoms with E-state index in [2.05, 4.69) is 27.9 Å². The number of para-hydroxylation sites is 1. The molecule has 0 amide bonds. The Kier molecular flexibility index (Phi) is 3.75. The molecule has 0 spiro atoms. The molecule has 3 aromatic rings. The molecule has 0 N–H and O–H groups in total. The number of hydrogen-bond acceptors (Lipinski definition) is 4. The average molecular weight is 303 g/mol. The number of fused-ring (bicyclic) bond motifs is 1. The van der Waals surface area contributed by atoms with Crippen molar-refractivity contribution in [1.82, 2.24) is 19.5 Å². The zero-order chi connectivity index (χ0) is 14.8. The van der Waals surface area contributed by atoms with Crippen molar-refractivity contribution < 1.29 is 4.74 Å². The lowest BCUT2D eigenvalue weighted by Gasteiger charge is -2.11. The molecule has 0 atom stereocenters. The molecular formula is C15H15ClN4O. The monoisotopic (exact) mass is 302 g/mol. The summed E-state index contributed by atoms with van der Waals surface area (Å²) in [5, 5.41) is 0. The van der Waals surface area contributed by atoms with Gasteiger partial charge < -0.3 is 4.74 Å². The summed E-state index contributed by atoms with van der Waals surface area (Å²) in [7, 11) is 1.57. The van der Waals surface area contributed by atoms with Crippen molar-refractivity contribution in [2.24, 2.45) is 0 Å². The van der Waals surface area contributed by atoms with Crippen molar-refractivity contribution >= 4 is 22.8 Å². The number of ether oxygens (including phenoxy) is 1. The van der Waals surface area contributed by atoms with Gasteiger partial charge in [-0.25, -0.2) is 9.97 Å². The summed E-state index contributed by atoms with van der Waals surface area (Å²) in [5.41, 5.74) is 3.58. The molecule has 3 rings (SSSR count). The minimum atomic E-state index is 0.289. The van der Waals surface area contributed by atoms with Gasteiger partial charge in [-0.3, -0.25) is 4.57 Å². The molecule has 0 aliphatic rings. The fraction of sp³-hybridized carbons (Fsp3) is 0.267. The van der Waals surface area contributed by atoms with Gasteiger partial charge in [-0.1, -0.05) is 25.1 Å². The molecule has 0 aliphatic carbocycles. The van der Waals surface area contributed by atoms with Gasteiger partial charge in [0.15, 0.2) is 11.2 Å². The normalized spacial score (nSPS) is 11.0. The fourth-order valence-electron chi connectivity index (χ4n) is 2.44. The molecular weight excluding hydrogens is 288 g/mol. The summed E-state index contributed by atoms with van der Waals surface area (Å²) < 4.78 is 7.24. The van der Waals surface area contributed by atoms with Crippen molar-refractivity contribution in [3.63, 3.8) is 0 Å². The lowest BCUT2D eigenvalue weighted by Crippen LogP contribution is -2.03. The third-order valence-corrected chi connectivity index (χ3v) is 3.65. The highest BCUT2D eigenvalue weighted by molar-refractivity contribution is 6.17. The number of benzene rings is 1. The van der Waals surface area contributed by atoms with Crippen LogP contribution in [0.5, 0.6) is 5.88 Å². The van der Waals surface area contributed by atoms with E-state index < -0.39 is 0 Å². The number of alkyl halides is 1. The van der Waals surface area contributed by atoms with Crippen molar-refractivity contribution in [2.45, 2.75) is 19.2 Å². The number of hydrogen-bond donors (Lipinski definition) is 0. The largest absolute Gasteiger partial charge is 0.479 e. The predicted molar refractivity (Wildman–Crippen MR) is 82.1 cm³/mol. The standard InChI is InChI=1S/C15H15ClN4O/c1-3-10-6-4-5-7-11(10)20-12(8-16)19-13-14(20)17-9-18-15(13)21-2/h4-7,9H,3,8H2,1-2H3. The maximum absolute atomic E-state index is 6.07. The van der Waals surface area contributed by atoms with E-state index in [1.165, 1.54) is 11.9 Å². The molecule has 0 bridgehead atoms. The average Bonchev–Trinajstić information content (AvgIpc) is 2.93. The van der Waals surface area contributed by atoms with Crippen LogP contribution in [-0.2, 0) is 12.3 Å². The Morgan fingerprint density at radius 2 is 2.05 bits per heavy atom. The summed E-state index contributed by atoms with van der Waals surface area (Å²) in [6.07, 6.45) is 2.39. The fourth-order valence-corrected chi connectivity index (χ4v) is 2.62. The van der Waals surface area contributed by atoms with E-state index >= 15 is 0 Å². The van der Waals surface area contributed by atoms with Crippen molar-refractivity contribution in [1.29, 1.82) is 0 Å². The van der Waals surface area contributed by atoms with Crippen LogP contribution in [0, 0.1) is 0 Å². The molecule has 21 heavy (non-hydrogen) atoms. The Hall–Kier alpha value is -2.14. The number of nitrogens with zero attached hydrogens (tertiary/aromatic N) is 4. The Morgan fingerprint density at radius 3 is 2.76 bits per heavy atom. The maximum Gasteiger partial charge on any atom is 0.245 e. The number of methoxy groups -OCH3 is 1. The van der Waals surface area contributed by atoms with Gasteiger partial charge in [-0.05, 0) is 18.1 Å². The Balaban J connectivity index is 2.36. The lowest BCUT2D eigenvalue weighted by molar-refractivity contribution is 0.401. The first-order valence-corrected chi connectivity index (χ1v) is 7.24. The summed E-state index contributed by atoms with van der Waals surface area (Å²) in [4.78, 5) is 13.0. The molecule has 2 heterocycles. The molecule has 108 valence electrons. The third kappa shape index (κ3) is 2.23. The molecule has 2 aromatic heterocycles. The third-order valence-electron chi connectivity index (χ3n) is 3.41. The van der Waals surface area contributed by atoms with Crippen molar-refractivity contribution in [2.75, 3.05) is 7.11 Å². The van der Waals surface area contributed by atoms with E-state index in [9.17, 15) is 0 Å². The summed E-state index contributed by atoms with van der Waals surface area (Å²) in [6.45, 7) is 2.12. The van der Waals surface area contributed by atoms with Crippen LogP contribution in [0.1, 0.15) is 18.3 Å². The SMILES string of the molecule is CCc1ccccc1-n1c(CCl)nc2c(OC)ncnc21. The molecule has 0 aliphatic heterocycles. The van der Waals surface area contributed by atoms with Gasteiger partial charge in [0.05, 0.1) is 18.7 Å². The van der Waals surface area contributed by atoms with Crippen LogP contribution in [-0.4, -0.2) is 26.6 Å². The van der Waals surface area contributed by atoms with Crippen LogP contribution in [0.15, 0.2) is 30.6 Å². The zero-order valence-electron chi connectivity index (χ0n) is 11.9. The van der Waals surface area contributed by atoms with E-state index in [1.807, 2.05) is 22.8 Å². The minimum Gasteiger partial charge on any atom is -0.479 e. The van der Waals surface area contributed by atoms with Gasteiger partial charge in [0, 0.05) is 0 Å². The first-order valence-electron chi connectivity index (χ1n) is 6.70. The van der Waals surface area contributed by atoms with E-state index in [0.717, 1.165) is 17.9 Å². The summed E-state index contributed by atoms with van der Waals surface area (Å²) in [6, 6.07) is 8.16. The van der Waals surface area contributed by atoms with Crippen molar-refractivity contribution in [3.05, 3.63) is 42.0 Å². The van der Waals surface area contributed by atoms with Gasteiger partial charge >= 0.3 is 0 Å². The van der Waals surface area contributed by atoms with Gasteiger partial charge in [0.1, 0.15) is 12.2 Å². The van der Waals surface area contributed by atoms with Gasteiger partial charge in [0.25, 0.3) is 0 Å². The first-order chi connectivity index (χ1) is 10.3. The Morgan fingerprint density at radius 1 is 1.24 bits per heavy atom. The number of rotatable bonds is 4. The molecule has 6 heteroatoms. The number of aromatic nitrogens is 4. The molecule has 0 saturated carbocycles. The lowest BCUT2D eigenvalue weighted by atomic mass is 10.1. The second kappa shape index (κ2) is 5.69. The number of aryl methyl sites for hydroxylation is 1. The van der Waals surface area contributed by atoms with E-state index in [0.29, 0.717) is 17.0 Å². The zero-order valence-corrected chi connectivity index (χ0v) is 12.6. The van der Waals surface area contributed by atoms with Gasteiger partial charge in [0.2, 0.25) is 5.88 Å².